The molecule has 2 heteroatoms. The monoisotopic (exact) mass is 312 g/mol. The van der Waals surface area contributed by atoms with Gasteiger partial charge >= 0.3 is 5.97 Å². The zero-order valence-electron chi connectivity index (χ0n) is 15.5. The SMILES string of the molecule is CCCCCCCCCCOC(=O)C(C)CCCCCCC. The minimum Gasteiger partial charge on any atom is -0.465 e. The molecule has 0 aromatic heterocycles. The summed E-state index contributed by atoms with van der Waals surface area (Å²) in [6, 6.07) is 0. The quantitative estimate of drug-likeness (QED) is 0.235. The van der Waals surface area contributed by atoms with Gasteiger partial charge in [-0.2, -0.15) is 0 Å². The summed E-state index contributed by atoms with van der Waals surface area (Å²) in [4.78, 5) is 11.8. The third kappa shape index (κ3) is 14.4. The highest BCUT2D eigenvalue weighted by atomic mass is 16.5. The van der Waals surface area contributed by atoms with Gasteiger partial charge in [-0.1, -0.05) is 97.8 Å². The number of rotatable bonds is 16. The number of unbranched alkanes of at least 4 members (excludes halogenated alkanes) is 11. The van der Waals surface area contributed by atoms with Crippen molar-refractivity contribution in [3.8, 4) is 0 Å². The smallest absolute Gasteiger partial charge is 0.308 e. The third-order valence-corrected chi connectivity index (χ3v) is 4.39. The second-order valence-corrected chi connectivity index (χ2v) is 6.75. The Morgan fingerprint density at radius 2 is 1.18 bits per heavy atom. The van der Waals surface area contributed by atoms with E-state index in [0.717, 1.165) is 19.3 Å². The number of ether oxygens (including phenoxy) is 1. The lowest BCUT2D eigenvalue weighted by atomic mass is 10.0. The molecule has 2 nitrogen and oxygen atoms in total. The van der Waals surface area contributed by atoms with Crippen molar-refractivity contribution < 1.29 is 9.53 Å². The van der Waals surface area contributed by atoms with Crippen molar-refractivity contribution in [1.29, 1.82) is 0 Å². The van der Waals surface area contributed by atoms with Crippen LogP contribution in [0.25, 0.3) is 0 Å². The van der Waals surface area contributed by atoms with Gasteiger partial charge in [0.1, 0.15) is 0 Å². The first kappa shape index (κ1) is 21.5. The Balaban J connectivity index is 3.33. The van der Waals surface area contributed by atoms with E-state index in [2.05, 4.69) is 13.8 Å². The Kier molecular flexibility index (Phi) is 16.4. The Morgan fingerprint density at radius 1 is 0.727 bits per heavy atom. The van der Waals surface area contributed by atoms with Crippen LogP contribution in [-0.4, -0.2) is 12.6 Å². The minimum absolute atomic E-state index is 0.0124. The molecule has 0 saturated carbocycles. The van der Waals surface area contributed by atoms with Crippen molar-refractivity contribution >= 4 is 5.97 Å². The molecule has 0 aromatic rings. The van der Waals surface area contributed by atoms with E-state index in [4.69, 9.17) is 4.74 Å². The van der Waals surface area contributed by atoms with Crippen molar-refractivity contribution in [1.82, 2.24) is 0 Å². The van der Waals surface area contributed by atoms with Gasteiger partial charge < -0.3 is 4.74 Å². The maximum atomic E-state index is 11.8. The van der Waals surface area contributed by atoms with Crippen LogP contribution in [0.3, 0.4) is 0 Å². The first-order valence-corrected chi connectivity index (χ1v) is 9.89. The number of carbonyl (C=O) groups excluding carboxylic acids is 1. The maximum absolute atomic E-state index is 11.8. The summed E-state index contributed by atoms with van der Waals surface area (Å²) < 4.78 is 5.39. The molecule has 0 heterocycles. The lowest BCUT2D eigenvalue weighted by Crippen LogP contribution is -2.15. The van der Waals surface area contributed by atoms with Gasteiger partial charge in [0.05, 0.1) is 12.5 Å². The molecule has 0 radical (unpaired) electrons. The Bertz CT molecular complexity index is 238. The molecule has 0 aliphatic heterocycles. The van der Waals surface area contributed by atoms with Gasteiger partial charge in [0.2, 0.25) is 0 Å². The first-order chi connectivity index (χ1) is 10.7. The van der Waals surface area contributed by atoms with Crippen LogP contribution in [-0.2, 0) is 9.53 Å². The molecule has 1 atom stereocenters. The molecule has 132 valence electrons. The number of hydrogen-bond donors (Lipinski definition) is 0. The average Bonchev–Trinajstić information content (AvgIpc) is 2.52. The number of esters is 1. The van der Waals surface area contributed by atoms with Crippen molar-refractivity contribution in [3.63, 3.8) is 0 Å². The van der Waals surface area contributed by atoms with Gasteiger partial charge in [0.25, 0.3) is 0 Å². The van der Waals surface area contributed by atoms with Crippen molar-refractivity contribution in [2.45, 2.75) is 111 Å². The van der Waals surface area contributed by atoms with Gasteiger partial charge in [-0.25, -0.2) is 0 Å². The molecule has 0 N–H and O–H groups in total. The molecule has 1 unspecified atom stereocenters. The van der Waals surface area contributed by atoms with Crippen molar-refractivity contribution in [3.05, 3.63) is 0 Å². The summed E-state index contributed by atoms with van der Waals surface area (Å²) >= 11 is 0. The maximum Gasteiger partial charge on any atom is 0.308 e. The zero-order chi connectivity index (χ0) is 16.5. The molecular weight excluding hydrogens is 272 g/mol. The Morgan fingerprint density at radius 3 is 1.73 bits per heavy atom. The molecule has 0 rings (SSSR count). The molecule has 0 fully saturated rings. The number of hydrogen-bond acceptors (Lipinski definition) is 2. The van der Waals surface area contributed by atoms with E-state index in [1.54, 1.807) is 0 Å². The van der Waals surface area contributed by atoms with E-state index in [-0.39, 0.29) is 11.9 Å². The molecule has 22 heavy (non-hydrogen) atoms. The summed E-state index contributed by atoms with van der Waals surface area (Å²) in [6.07, 6.45) is 17.6. The van der Waals surface area contributed by atoms with Crippen LogP contribution in [0, 0.1) is 5.92 Å². The van der Waals surface area contributed by atoms with Gasteiger partial charge in [-0.05, 0) is 12.8 Å². The van der Waals surface area contributed by atoms with Crippen molar-refractivity contribution in [2.75, 3.05) is 6.61 Å². The second kappa shape index (κ2) is 16.8. The zero-order valence-corrected chi connectivity index (χ0v) is 15.5. The Hall–Kier alpha value is -0.530. The summed E-state index contributed by atoms with van der Waals surface area (Å²) in [5.41, 5.74) is 0. The van der Waals surface area contributed by atoms with E-state index in [0.29, 0.717) is 6.61 Å². The topological polar surface area (TPSA) is 26.3 Å². The van der Waals surface area contributed by atoms with Gasteiger partial charge in [-0.15, -0.1) is 0 Å². The average molecular weight is 313 g/mol. The van der Waals surface area contributed by atoms with E-state index in [9.17, 15) is 4.79 Å². The van der Waals surface area contributed by atoms with Gasteiger partial charge in [-0.3, -0.25) is 4.79 Å². The third-order valence-electron chi connectivity index (χ3n) is 4.39. The lowest BCUT2D eigenvalue weighted by molar-refractivity contribution is -0.148. The molecule has 0 amide bonds. The van der Waals surface area contributed by atoms with Crippen LogP contribution in [0.2, 0.25) is 0 Å². The van der Waals surface area contributed by atoms with E-state index in [1.807, 2.05) is 6.92 Å². The Labute approximate surface area is 139 Å². The summed E-state index contributed by atoms with van der Waals surface area (Å²) in [6.45, 7) is 7.11. The summed E-state index contributed by atoms with van der Waals surface area (Å²) in [5, 5.41) is 0. The van der Waals surface area contributed by atoms with E-state index in [1.165, 1.54) is 70.6 Å². The van der Waals surface area contributed by atoms with Crippen LogP contribution in [0.15, 0.2) is 0 Å². The molecule has 0 bridgehead atoms. The molecule has 0 spiro atoms. The largest absolute Gasteiger partial charge is 0.465 e. The van der Waals surface area contributed by atoms with Crippen molar-refractivity contribution in [2.24, 2.45) is 5.92 Å². The predicted molar refractivity (Wildman–Crippen MR) is 96.1 cm³/mol. The second-order valence-electron chi connectivity index (χ2n) is 6.75. The highest BCUT2D eigenvalue weighted by Gasteiger charge is 2.13. The van der Waals surface area contributed by atoms with Crippen LogP contribution in [0.1, 0.15) is 111 Å². The van der Waals surface area contributed by atoms with Gasteiger partial charge in [0.15, 0.2) is 0 Å². The highest BCUT2D eigenvalue weighted by Crippen LogP contribution is 2.13. The van der Waals surface area contributed by atoms with Crippen LogP contribution in [0.4, 0.5) is 0 Å². The fourth-order valence-electron chi connectivity index (χ4n) is 2.72. The highest BCUT2D eigenvalue weighted by molar-refractivity contribution is 5.71. The van der Waals surface area contributed by atoms with Crippen LogP contribution in [0.5, 0.6) is 0 Å². The molecule has 0 aromatic carbocycles. The minimum atomic E-state index is 0.0124. The van der Waals surface area contributed by atoms with Crippen LogP contribution >= 0.6 is 0 Å². The lowest BCUT2D eigenvalue weighted by Gasteiger charge is -2.11. The van der Waals surface area contributed by atoms with Crippen LogP contribution < -0.4 is 0 Å². The van der Waals surface area contributed by atoms with Gasteiger partial charge in [0, 0.05) is 0 Å². The predicted octanol–water partition coefficient (Wildman–Crippen LogP) is 6.67. The molecule has 0 aliphatic carbocycles. The molecule has 0 saturated heterocycles. The standard InChI is InChI=1S/C20H40O2/c1-4-6-8-10-11-12-14-16-18-22-20(21)19(3)17-15-13-9-7-5-2/h19H,4-18H2,1-3H3. The normalized spacial score (nSPS) is 12.3. The summed E-state index contributed by atoms with van der Waals surface area (Å²) in [7, 11) is 0. The first-order valence-electron chi connectivity index (χ1n) is 9.89. The summed E-state index contributed by atoms with van der Waals surface area (Å²) in [5.74, 6) is 0.0918. The number of carbonyl (C=O) groups is 1. The van der Waals surface area contributed by atoms with E-state index < -0.39 is 0 Å². The van der Waals surface area contributed by atoms with E-state index >= 15 is 0 Å². The fraction of sp³-hybridized carbons (Fsp3) is 0.950. The molecule has 0 aliphatic rings. The molecular formula is C20H40O2. The fourth-order valence-corrected chi connectivity index (χ4v) is 2.72.